The van der Waals surface area contributed by atoms with Crippen molar-refractivity contribution in [2.24, 2.45) is 5.92 Å². The lowest BCUT2D eigenvalue weighted by Crippen LogP contribution is -2.42. The molecule has 1 rings (SSSR count). The first-order chi connectivity index (χ1) is 7.13. The summed E-state index contributed by atoms with van der Waals surface area (Å²) < 4.78 is 9.50. The van der Waals surface area contributed by atoms with Crippen LogP contribution in [0, 0.1) is 5.92 Å². The summed E-state index contributed by atoms with van der Waals surface area (Å²) in [6.07, 6.45) is 2.85. The lowest BCUT2D eigenvalue weighted by molar-refractivity contribution is -0.161. The Kier molecular flexibility index (Phi) is 3.88. The van der Waals surface area contributed by atoms with Crippen LogP contribution in [-0.4, -0.2) is 25.2 Å². The van der Waals surface area contributed by atoms with Gasteiger partial charge in [0.25, 0.3) is 0 Å². The predicted octanol–water partition coefficient (Wildman–Crippen LogP) is 1.45. The average molecular weight is 212 g/mol. The molecule has 0 aromatic rings. The smallest absolute Gasteiger partial charge is 0.338 e. The molecule has 1 saturated heterocycles. The summed E-state index contributed by atoms with van der Waals surface area (Å²) in [4.78, 5) is 22.1. The molecular formula is C11H16O4. The summed E-state index contributed by atoms with van der Waals surface area (Å²) in [5.74, 6) is -0.617. The number of esters is 2. The minimum atomic E-state index is -0.502. The molecule has 0 amide bonds. The van der Waals surface area contributed by atoms with Crippen LogP contribution in [0.2, 0.25) is 0 Å². The van der Waals surface area contributed by atoms with Gasteiger partial charge in [0.1, 0.15) is 6.10 Å². The maximum atomic E-state index is 11.1. The molecule has 1 unspecified atom stereocenters. The zero-order valence-electron chi connectivity index (χ0n) is 9.28. The molecule has 84 valence electrons. The minimum Gasteiger partial charge on any atom is -0.466 e. The highest BCUT2D eigenvalue weighted by atomic mass is 16.6. The third-order valence-corrected chi connectivity index (χ3v) is 2.73. The maximum absolute atomic E-state index is 11.1. The molecule has 0 aliphatic carbocycles. The number of hydrogen-bond acceptors (Lipinski definition) is 4. The molecule has 0 radical (unpaired) electrons. The van der Waals surface area contributed by atoms with Gasteiger partial charge in [-0.05, 0) is 12.8 Å². The quantitative estimate of drug-likeness (QED) is 0.522. The second kappa shape index (κ2) is 4.96. The fourth-order valence-corrected chi connectivity index (χ4v) is 1.70. The summed E-state index contributed by atoms with van der Waals surface area (Å²) in [5, 5.41) is 0. The summed E-state index contributed by atoms with van der Waals surface area (Å²) >= 11 is 0. The molecule has 4 nitrogen and oxygen atoms in total. The van der Waals surface area contributed by atoms with Gasteiger partial charge in [-0.1, -0.05) is 13.8 Å². The first kappa shape index (κ1) is 11.8. The Morgan fingerprint density at radius 2 is 2.13 bits per heavy atom. The zero-order chi connectivity index (χ0) is 11.4. The van der Waals surface area contributed by atoms with Crippen LogP contribution in [0.3, 0.4) is 0 Å². The van der Waals surface area contributed by atoms with Gasteiger partial charge in [-0.2, -0.15) is 0 Å². The first-order valence-corrected chi connectivity index (χ1v) is 5.14. The van der Waals surface area contributed by atoms with Crippen LogP contribution in [0.15, 0.2) is 11.6 Å². The van der Waals surface area contributed by atoms with Gasteiger partial charge >= 0.3 is 11.9 Å². The Balaban J connectivity index is 2.74. The number of rotatable bonds is 4. The van der Waals surface area contributed by atoms with E-state index < -0.39 is 11.9 Å². The van der Waals surface area contributed by atoms with Gasteiger partial charge in [0, 0.05) is 12.0 Å². The Labute approximate surface area is 89.2 Å². The second-order valence-corrected chi connectivity index (χ2v) is 3.53. The summed E-state index contributed by atoms with van der Waals surface area (Å²) in [7, 11) is 1.29. The molecule has 15 heavy (non-hydrogen) atoms. The largest absolute Gasteiger partial charge is 0.466 e. The molecule has 0 spiro atoms. The van der Waals surface area contributed by atoms with Crippen molar-refractivity contribution in [2.45, 2.75) is 32.8 Å². The molecule has 4 heteroatoms. The van der Waals surface area contributed by atoms with Crippen LogP contribution < -0.4 is 0 Å². The van der Waals surface area contributed by atoms with E-state index in [1.54, 1.807) is 0 Å². The van der Waals surface area contributed by atoms with E-state index in [9.17, 15) is 9.59 Å². The van der Waals surface area contributed by atoms with Crippen LogP contribution >= 0.6 is 0 Å². The fourth-order valence-electron chi connectivity index (χ4n) is 1.70. The minimum absolute atomic E-state index is 0.230. The van der Waals surface area contributed by atoms with E-state index in [0.29, 0.717) is 11.5 Å². The third-order valence-electron chi connectivity index (χ3n) is 2.73. The van der Waals surface area contributed by atoms with Gasteiger partial charge in [-0.25, -0.2) is 9.59 Å². The number of hydrogen-bond donors (Lipinski definition) is 0. The summed E-state index contributed by atoms with van der Waals surface area (Å²) in [6.45, 7) is 4.08. The van der Waals surface area contributed by atoms with Gasteiger partial charge < -0.3 is 9.47 Å². The number of methoxy groups -OCH3 is 1. The molecule has 0 N–H and O–H groups in total. The van der Waals surface area contributed by atoms with Crippen LogP contribution in [0.25, 0.3) is 0 Å². The van der Waals surface area contributed by atoms with Crippen molar-refractivity contribution in [3.63, 3.8) is 0 Å². The van der Waals surface area contributed by atoms with Gasteiger partial charge in [0.15, 0.2) is 0 Å². The van der Waals surface area contributed by atoms with Crippen LogP contribution in [0.1, 0.15) is 26.7 Å². The number of carbonyl (C=O) groups is 2. The topological polar surface area (TPSA) is 52.6 Å². The van der Waals surface area contributed by atoms with Crippen molar-refractivity contribution in [3.8, 4) is 0 Å². The van der Waals surface area contributed by atoms with E-state index in [1.807, 2.05) is 13.8 Å². The lowest BCUT2D eigenvalue weighted by Gasteiger charge is -2.34. The third kappa shape index (κ3) is 2.37. The van der Waals surface area contributed by atoms with Crippen molar-refractivity contribution < 1.29 is 19.1 Å². The highest BCUT2D eigenvalue weighted by Crippen LogP contribution is 2.31. The molecule has 0 aromatic heterocycles. The average Bonchev–Trinajstić information content (AvgIpc) is 2.26. The predicted molar refractivity (Wildman–Crippen MR) is 54.1 cm³/mol. The highest BCUT2D eigenvalue weighted by Gasteiger charge is 2.40. The monoisotopic (exact) mass is 212 g/mol. The SMILES string of the molecule is CCC(CC)C1OC(=O)/C1=C\C(=O)OC. The van der Waals surface area contributed by atoms with E-state index in [1.165, 1.54) is 13.2 Å². The van der Waals surface area contributed by atoms with Gasteiger partial charge in [0.05, 0.1) is 12.7 Å². The fraction of sp³-hybridized carbons (Fsp3) is 0.636. The maximum Gasteiger partial charge on any atom is 0.338 e. The van der Waals surface area contributed by atoms with E-state index in [4.69, 9.17) is 4.74 Å². The molecule has 1 aliphatic rings. The Bertz CT molecular complexity index is 289. The zero-order valence-corrected chi connectivity index (χ0v) is 9.28. The molecule has 0 saturated carbocycles. The molecule has 1 aliphatic heterocycles. The van der Waals surface area contributed by atoms with Crippen molar-refractivity contribution in [2.75, 3.05) is 7.11 Å². The molecule has 1 atom stereocenters. The van der Waals surface area contributed by atoms with E-state index in [-0.39, 0.29) is 6.10 Å². The molecule has 0 aromatic carbocycles. The Morgan fingerprint density at radius 1 is 1.53 bits per heavy atom. The molecule has 1 heterocycles. The van der Waals surface area contributed by atoms with Crippen molar-refractivity contribution in [1.29, 1.82) is 0 Å². The highest BCUT2D eigenvalue weighted by molar-refractivity contribution is 6.01. The normalized spacial score (nSPS) is 22.5. The molecule has 1 fully saturated rings. The lowest BCUT2D eigenvalue weighted by atomic mass is 9.87. The number of ether oxygens (including phenoxy) is 2. The Hall–Kier alpha value is -1.32. The molecule has 0 bridgehead atoms. The first-order valence-electron chi connectivity index (χ1n) is 5.14. The second-order valence-electron chi connectivity index (χ2n) is 3.53. The number of carbonyl (C=O) groups excluding carboxylic acids is 2. The standard InChI is InChI=1S/C11H16O4/c1-4-7(5-2)10-8(11(13)15-10)6-9(12)14-3/h6-7,10H,4-5H2,1-3H3/b8-6-. The van der Waals surface area contributed by atoms with Gasteiger partial charge in [0.2, 0.25) is 0 Å². The van der Waals surface area contributed by atoms with Crippen LogP contribution in [0.4, 0.5) is 0 Å². The summed E-state index contributed by atoms with van der Waals surface area (Å²) in [6, 6.07) is 0. The number of cyclic esters (lactones) is 1. The Morgan fingerprint density at radius 3 is 2.53 bits per heavy atom. The van der Waals surface area contributed by atoms with E-state index in [0.717, 1.165) is 12.8 Å². The van der Waals surface area contributed by atoms with Crippen molar-refractivity contribution in [3.05, 3.63) is 11.6 Å². The van der Waals surface area contributed by atoms with Crippen LogP contribution in [0.5, 0.6) is 0 Å². The van der Waals surface area contributed by atoms with E-state index in [2.05, 4.69) is 4.74 Å². The summed E-state index contributed by atoms with van der Waals surface area (Å²) in [5.41, 5.74) is 0.440. The van der Waals surface area contributed by atoms with Crippen LogP contribution in [-0.2, 0) is 19.1 Å². The van der Waals surface area contributed by atoms with E-state index >= 15 is 0 Å². The molecular weight excluding hydrogens is 196 g/mol. The van der Waals surface area contributed by atoms with Gasteiger partial charge in [-0.3, -0.25) is 0 Å². The van der Waals surface area contributed by atoms with Gasteiger partial charge in [-0.15, -0.1) is 0 Å². The van der Waals surface area contributed by atoms with Crippen molar-refractivity contribution in [1.82, 2.24) is 0 Å². The van der Waals surface area contributed by atoms with Crippen molar-refractivity contribution >= 4 is 11.9 Å².